The quantitative estimate of drug-likeness (QED) is 0.487. The van der Waals surface area contributed by atoms with Crippen molar-refractivity contribution < 1.29 is 9.47 Å². The third-order valence-corrected chi connectivity index (χ3v) is 6.63. The second-order valence-corrected chi connectivity index (χ2v) is 8.58. The van der Waals surface area contributed by atoms with Gasteiger partial charge in [0.2, 0.25) is 5.78 Å². The summed E-state index contributed by atoms with van der Waals surface area (Å²) in [5.41, 5.74) is 1.31. The molecule has 0 amide bonds. The van der Waals surface area contributed by atoms with Crippen LogP contribution in [0.15, 0.2) is 15.8 Å². The van der Waals surface area contributed by atoms with Gasteiger partial charge in [-0.1, -0.05) is 0 Å². The zero-order chi connectivity index (χ0) is 22.2. The predicted octanol–water partition coefficient (Wildman–Crippen LogP) is -0.878. The molecule has 5 heterocycles. The number of aryl methyl sites for hydroxylation is 2. The van der Waals surface area contributed by atoms with Gasteiger partial charge in [-0.3, -0.25) is 28.1 Å². The lowest BCUT2D eigenvalue weighted by Gasteiger charge is -2.26. The lowest BCUT2D eigenvalue weighted by atomic mass is 10.4. The van der Waals surface area contributed by atoms with Gasteiger partial charge in [0.05, 0.1) is 26.4 Å². The molecule has 3 aromatic heterocycles. The van der Waals surface area contributed by atoms with Crippen LogP contribution in [0.2, 0.25) is 0 Å². The summed E-state index contributed by atoms with van der Waals surface area (Å²) in [7, 11) is 1.69. The molecular weight excluding hydrogens is 414 g/mol. The number of ether oxygens (including phenoxy) is 2. The van der Waals surface area contributed by atoms with Gasteiger partial charge in [0, 0.05) is 71.3 Å². The second-order valence-electron chi connectivity index (χ2n) is 8.58. The fraction of sp³-hybridized carbons (Fsp3) is 0.667. The number of aromatic nitrogens is 5. The van der Waals surface area contributed by atoms with E-state index in [2.05, 4.69) is 14.4 Å². The van der Waals surface area contributed by atoms with E-state index in [1.54, 1.807) is 7.05 Å². The second kappa shape index (κ2) is 8.81. The van der Waals surface area contributed by atoms with E-state index in [-0.39, 0.29) is 11.2 Å². The molecule has 0 unspecified atom stereocenters. The molecule has 2 aliphatic heterocycles. The first-order valence-electron chi connectivity index (χ1n) is 11.3. The van der Waals surface area contributed by atoms with E-state index in [0.29, 0.717) is 43.2 Å². The van der Waals surface area contributed by atoms with Crippen LogP contribution in [0.1, 0.15) is 5.69 Å². The lowest BCUT2D eigenvalue weighted by molar-refractivity contribution is 0.0361. The van der Waals surface area contributed by atoms with Crippen LogP contribution in [0.25, 0.3) is 16.9 Å². The number of nitrogens with zero attached hydrogens (tertiary/aromatic N) is 7. The van der Waals surface area contributed by atoms with E-state index < -0.39 is 0 Å². The number of morpholine rings is 2. The third-order valence-electron chi connectivity index (χ3n) is 6.63. The fourth-order valence-corrected chi connectivity index (χ4v) is 4.66. The summed E-state index contributed by atoms with van der Waals surface area (Å²) in [6, 6.07) is 0. The van der Waals surface area contributed by atoms with Crippen LogP contribution in [0.3, 0.4) is 0 Å². The molecule has 0 atom stereocenters. The van der Waals surface area contributed by atoms with E-state index in [1.165, 1.54) is 9.13 Å². The van der Waals surface area contributed by atoms with Gasteiger partial charge in [-0.05, 0) is 6.92 Å². The van der Waals surface area contributed by atoms with Crippen molar-refractivity contribution >= 4 is 16.9 Å². The largest absolute Gasteiger partial charge is 0.379 e. The van der Waals surface area contributed by atoms with Crippen molar-refractivity contribution in [2.24, 2.45) is 7.05 Å². The molecule has 0 aromatic carbocycles. The van der Waals surface area contributed by atoms with Gasteiger partial charge < -0.3 is 14.0 Å². The van der Waals surface area contributed by atoms with Crippen LogP contribution < -0.4 is 11.2 Å². The highest BCUT2D eigenvalue weighted by molar-refractivity contribution is 5.75. The maximum Gasteiger partial charge on any atom is 0.332 e. The first-order valence-corrected chi connectivity index (χ1v) is 11.3. The molecule has 0 N–H and O–H groups in total. The highest BCUT2D eigenvalue weighted by Gasteiger charge is 2.21. The SMILES string of the molecule is Cc1cn2c3c(=O)n(CCN4CCOCC4)c(=O)n(C)c3nc2n1CCN1CCOCC1. The molecule has 0 aliphatic carbocycles. The van der Waals surface area contributed by atoms with Crippen molar-refractivity contribution in [2.45, 2.75) is 20.0 Å². The Morgan fingerprint density at radius 2 is 1.44 bits per heavy atom. The molecule has 5 rings (SSSR count). The summed E-state index contributed by atoms with van der Waals surface area (Å²) >= 11 is 0. The standard InChI is InChI=1S/C21H31N7O4/c1-16-15-28-17-18(22-20(28)26(16)5-3-24-7-11-31-12-8-24)23(2)21(30)27(19(17)29)6-4-25-9-13-32-14-10-25/h15H,3-14H2,1-2H3. The van der Waals surface area contributed by atoms with Crippen LogP contribution >= 0.6 is 0 Å². The van der Waals surface area contributed by atoms with Gasteiger partial charge in [-0.25, -0.2) is 4.79 Å². The monoisotopic (exact) mass is 445 g/mol. The Labute approximate surface area is 185 Å². The molecular formula is C21H31N7O4. The van der Waals surface area contributed by atoms with E-state index in [0.717, 1.165) is 58.2 Å². The Morgan fingerprint density at radius 1 is 0.875 bits per heavy atom. The van der Waals surface area contributed by atoms with Gasteiger partial charge in [-0.2, -0.15) is 4.98 Å². The fourth-order valence-electron chi connectivity index (χ4n) is 4.66. The Morgan fingerprint density at radius 3 is 2.03 bits per heavy atom. The summed E-state index contributed by atoms with van der Waals surface area (Å²) < 4.78 is 17.6. The molecule has 174 valence electrons. The molecule has 0 radical (unpaired) electrons. The van der Waals surface area contributed by atoms with Crippen molar-refractivity contribution in [1.82, 2.24) is 32.9 Å². The minimum absolute atomic E-state index is 0.283. The first-order chi connectivity index (χ1) is 15.5. The summed E-state index contributed by atoms with van der Waals surface area (Å²) in [5, 5.41) is 0. The van der Waals surface area contributed by atoms with Gasteiger partial charge in [-0.15, -0.1) is 0 Å². The van der Waals surface area contributed by atoms with Gasteiger partial charge in [0.15, 0.2) is 11.2 Å². The number of fused-ring (bicyclic) bond motifs is 3. The third kappa shape index (κ3) is 3.79. The number of imidazole rings is 2. The number of hydrogen-bond acceptors (Lipinski definition) is 7. The average Bonchev–Trinajstić information content (AvgIpc) is 3.32. The number of rotatable bonds is 6. The van der Waals surface area contributed by atoms with Crippen molar-refractivity contribution in [1.29, 1.82) is 0 Å². The normalized spacial score (nSPS) is 18.8. The maximum atomic E-state index is 13.4. The lowest BCUT2D eigenvalue weighted by Crippen LogP contribution is -2.44. The molecule has 2 saturated heterocycles. The zero-order valence-electron chi connectivity index (χ0n) is 18.8. The molecule has 32 heavy (non-hydrogen) atoms. The predicted molar refractivity (Wildman–Crippen MR) is 119 cm³/mol. The average molecular weight is 446 g/mol. The summed E-state index contributed by atoms with van der Waals surface area (Å²) in [6.07, 6.45) is 1.95. The molecule has 11 nitrogen and oxygen atoms in total. The molecule has 2 aliphatic rings. The maximum absolute atomic E-state index is 13.4. The van der Waals surface area contributed by atoms with Crippen molar-refractivity contribution in [3.05, 3.63) is 32.7 Å². The van der Waals surface area contributed by atoms with Crippen LogP contribution in [0.5, 0.6) is 0 Å². The Kier molecular flexibility index (Phi) is 5.89. The smallest absolute Gasteiger partial charge is 0.332 e. The molecule has 0 spiro atoms. The van der Waals surface area contributed by atoms with Gasteiger partial charge >= 0.3 is 5.69 Å². The van der Waals surface area contributed by atoms with Crippen LogP contribution in [-0.4, -0.2) is 98.6 Å². The van der Waals surface area contributed by atoms with E-state index in [9.17, 15) is 9.59 Å². The van der Waals surface area contributed by atoms with Gasteiger partial charge in [0.25, 0.3) is 5.56 Å². The van der Waals surface area contributed by atoms with Gasteiger partial charge in [0.1, 0.15) is 0 Å². The molecule has 3 aromatic rings. The summed E-state index contributed by atoms with van der Waals surface area (Å²) in [5.74, 6) is 0.698. The summed E-state index contributed by atoms with van der Waals surface area (Å²) in [6.45, 7) is 11.1. The highest BCUT2D eigenvalue weighted by Crippen LogP contribution is 2.16. The highest BCUT2D eigenvalue weighted by atomic mass is 16.5. The molecule has 0 bridgehead atoms. The van der Waals surface area contributed by atoms with E-state index in [1.807, 2.05) is 17.5 Å². The van der Waals surface area contributed by atoms with E-state index >= 15 is 0 Å². The molecule has 11 heteroatoms. The Balaban J connectivity index is 1.49. The minimum atomic E-state index is -0.326. The van der Waals surface area contributed by atoms with Crippen molar-refractivity contribution in [3.8, 4) is 0 Å². The van der Waals surface area contributed by atoms with Crippen LogP contribution in [0, 0.1) is 6.92 Å². The van der Waals surface area contributed by atoms with Crippen molar-refractivity contribution in [3.63, 3.8) is 0 Å². The summed E-state index contributed by atoms with van der Waals surface area (Å²) in [4.78, 5) is 35.7. The minimum Gasteiger partial charge on any atom is -0.379 e. The first kappa shape index (κ1) is 21.4. The number of hydrogen-bond donors (Lipinski definition) is 0. The van der Waals surface area contributed by atoms with E-state index in [4.69, 9.17) is 14.5 Å². The van der Waals surface area contributed by atoms with Crippen LogP contribution in [0.4, 0.5) is 0 Å². The van der Waals surface area contributed by atoms with Crippen LogP contribution in [-0.2, 0) is 29.6 Å². The Bertz CT molecular complexity index is 1230. The van der Waals surface area contributed by atoms with Crippen molar-refractivity contribution in [2.75, 3.05) is 65.7 Å². The zero-order valence-corrected chi connectivity index (χ0v) is 18.8. The topological polar surface area (TPSA) is 91.2 Å². The Hall–Kier alpha value is -2.47. The molecule has 0 saturated carbocycles. The molecule has 2 fully saturated rings.